The summed E-state index contributed by atoms with van der Waals surface area (Å²) in [6, 6.07) is 26.4. The van der Waals surface area contributed by atoms with Crippen LogP contribution in [-0.4, -0.2) is 48.5 Å². The average Bonchev–Trinajstić information content (AvgIpc) is 3.48. The largest absolute Gasteiger partial charge is 0.464 e. The van der Waals surface area contributed by atoms with Gasteiger partial charge in [-0.25, -0.2) is 0 Å². The third-order valence-electron chi connectivity index (χ3n) is 8.16. The van der Waals surface area contributed by atoms with Gasteiger partial charge in [0.15, 0.2) is 0 Å². The van der Waals surface area contributed by atoms with Gasteiger partial charge in [0.05, 0.1) is 23.2 Å². The Hall–Kier alpha value is -5.05. The molecule has 0 bridgehead atoms. The molecule has 326 valence electrons. The van der Waals surface area contributed by atoms with E-state index in [4.69, 9.17) is 18.9 Å². The lowest BCUT2D eigenvalue weighted by Crippen LogP contribution is -2.31. The topological polar surface area (TPSA) is 122 Å². The second-order valence-electron chi connectivity index (χ2n) is 17.4. The van der Waals surface area contributed by atoms with Crippen LogP contribution >= 0.6 is 0 Å². The van der Waals surface area contributed by atoms with Crippen molar-refractivity contribution in [1.29, 1.82) is 0 Å². The predicted molar refractivity (Wildman–Crippen MR) is 237 cm³/mol. The van der Waals surface area contributed by atoms with Crippen LogP contribution in [0.25, 0.3) is 11.1 Å². The first kappa shape index (κ1) is 53.9. The van der Waals surface area contributed by atoms with Crippen LogP contribution < -0.4 is 0 Å². The lowest BCUT2D eigenvalue weighted by molar-refractivity contribution is -0.164. The van der Waals surface area contributed by atoms with E-state index in [1.54, 1.807) is 26.8 Å². The van der Waals surface area contributed by atoms with Gasteiger partial charge in [-0.2, -0.15) is 0 Å². The molecule has 0 radical (unpaired) electrons. The molecule has 0 N–H and O–H groups in total. The maximum Gasteiger partial charge on any atom is 0.311 e. The maximum atomic E-state index is 11.7. The van der Waals surface area contributed by atoms with E-state index >= 15 is 0 Å². The van der Waals surface area contributed by atoms with Gasteiger partial charge in [-0.05, 0) is 76.3 Å². The highest BCUT2D eigenvalue weighted by molar-refractivity contribution is 5.79. The minimum atomic E-state index is -0.396. The summed E-state index contributed by atoms with van der Waals surface area (Å²) in [5, 5.41) is 0. The lowest BCUT2D eigenvalue weighted by Gasteiger charge is -2.25. The van der Waals surface area contributed by atoms with E-state index in [0.717, 1.165) is 5.56 Å². The van der Waals surface area contributed by atoms with Crippen molar-refractivity contribution in [3.05, 3.63) is 108 Å². The van der Waals surface area contributed by atoms with Gasteiger partial charge < -0.3 is 18.9 Å². The minimum absolute atomic E-state index is 0.0371. The Balaban J connectivity index is 0.000000759. The first-order valence-corrected chi connectivity index (χ1v) is 20.4. The Morgan fingerprint density at radius 1 is 0.593 bits per heavy atom. The van der Waals surface area contributed by atoms with Gasteiger partial charge in [0, 0.05) is 11.8 Å². The van der Waals surface area contributed by atoms with Gasteiger partial charge in [0.25, 0.3) is 0 Å². The van der Waals surface area contributed by atoms with Crippen molar-refractivity contribution < 1.29 is 42.9 Å². The zero-order valence-electron chi connectivity index (χ0n) is 38.5. The fourth-order valence-corrected chi connectivity index (χ4v) is 4.41. The quantitative estimate of drug-likeness (QED) is 0.112. The highest BCUT2D eigenvalue weighted by atomic mass is 16.6. The van der Waals surface area contributed by atoms with Crippen LogP contribution in [-0.2, 0) is 49.5 Å². The molecular formula is C50H72O9. The molecule has 0 aliphatic heterocycles. The Morgan fingerprint density at radius 3 is 1.34 bits per heavy atom. The summed E-state index contributed by atoms with van der Waals surface area (Å²) in [5.74, 6) is -0.142. The van der Waals surface area contributed by atoms with Crippen LogP contribution in [0.1, 0.15) is 126 Å². The molecule has 1 aliphatic rings. The van der Waals surface area contributed by atoms with Crippen LogP contribution in [0.4, 0.5) is 0 Å². The fraction of sp³-hybridized carbons (Fsp3) is 0.500. The van der Waals surface area contributed by atoms with Crippen molar-refractivity contribution in [2.24, 2.45) is 29.1 Å². The molecule has 0 saturated heterocycles. The van der Waals surface area contributed by atoms with E-state index < -0.39 is 5.41 Å². The molecule has 0 heterocycles. The smallest absolute Gasteiger partial charge is 0.311 e. The molecule has 0 unspecified atom stereocenters. The number of esters is 4. The number of carbonyl (C=O) groups is 5. The second-order valence-corrected chi connectivity index (χ2v) is 17.4. The van der Waals surface area contributed by atoms with Crippen LogP contribution in [0.5, 0.6) is 0 Å². The Bertz CT molecular complexity index is 1690. The van der Waals surface area contributed by atoms with E-state index in [0.29, 0.717) is 19.8 Å². The summed E-state index contributed by atoms with van der Waals surface area (Å²) < 4.78 is 20.4. The summed E-state index contributed by atoms with van der Waals surface area (Å²) >= 11 is 0. The van der Waals surface area contributed by atoms with Gasteiger partial charge >= 0.3 is 23.9 Å². The summed E-state index contributed by atoms with van der Waals surface area (Å²) in [4.78, 5) is 54.8. The van der Waals surface area contributed by atoms with Crippen LogP contribution in [0.3, 0.4) is 0 Å². The molecule has 0 fully saturated rings. The molecule has 3 aromatic rings. The van der Waals surface area contributed by atoms with Crippen LogP contribution in [0.2, 0.25) is 0 Å². The molecule has 0 atom stereocenters. The number of fused-ring (bicyclic) bond motifs is 3. The first-order valence-electron chi connectivity index (χ1n) is 20.4. The summed E-state index contributed by atoms with van der Waals surface area (Å²) in [5.41, 5.74) is 5.28. The summed E-state index contributed by atoms with van der Waals surface area (Å²) in [7, 11) is 0. The molecular weight excluding hydrogens is 745 g/mol. The Morgan fingerprint density at radius 2 is 0.983 bits per heavy atom. The highest BCUT2D eigenvalue weighted by Gasteiger charge is 2.29. The van der Waals surface area contributed by atoms with Crippen molar-refractivity contribution in [3.63, 3.8) is 0 Å². The van der Waals surface area contributed by atoms with Gasteiger partial charge in [-0.1, -0.05) is 147 Å². The number of hydrogen-bond donors (Lipinski definition) is 0. The molecule has 3 aromatic carbocycles. The molecule has 0 aromatic heterocycles. The normalized spacial score (nSPS) is 11.4. The number of benzene rings is 3. The van der Waals surface area contributed by atoms with Gasteiger partial charge in [-0.15, -0.1) is 0 Å². The molecule has 59 heavy (non-hydrogen) atoms. The first-order chi connectivity index (χ1) is 27.3. The van der Waals surface area contributed by atoms with Crippen LogP contribution in [0.15, 0.2) is 91.5 Å². The number of hydrogen-bond acceptors (Lipinski definition) is 9. The van der Waals surface area contributed by atoms with E-state index in [1.807, 2.05) is 126 Å². The summed E-state index contributed by atoms with van der Waals surface area (Å²) in [6.07, 6.45) is 1.56. The van der Waals surface area contributed by atoms with Crippen molar-refractivity contribution in [3.8, 4) is 11.1 Å². The third-order valence-corrected chi connectivity index (χ3v) is 8.16. The average molecular weight is 817 g/mol. The van der Waals surface area contributed by atoms with Crippen molar-refractivity contribution >= 4 is 29.7 Å². The van der Waals surface area contributed by atoms with Crippen molar-refractivity contribution in [1.82, 2.24) is 0 Å². The van der Waals surface area contributed by atoms with Gasteiger partial charge in [0.1, 0.15) is 31.2 Å². The number of rotatable bonds is 10. The molecule has 0 spiro atoms. The van der Waals surface area contributed by atoms with Gasteiger partial charge in [-0.3, -0.25) is 24.0 Å². The standard InChI is InChI=1S/C18H18O2.C11H14O2.C9H18O2.C7H12O2.C5H10O/c1-12(2)18(19)20-11-17-15-9-5-3-7-13(15)14-8-4-6-10-16(14)17;1-9(2)11(12)13-8-10-6-4-3-5-7-10;1-8(2,3)7(10)11-9(4,5)6;1-4-5-9-7(8)6(2)3;1-4(2)5(3)6/h3-10,12,17H,11H2,1-2H3;3-7,9H,8H2,1-2H3;1-6H3;4,6H,1,5H2,2-3H3;4H,1-3H3. The fourth-order valence-electron chi connectivity index (χ4n) is 4.41. The van der Waals surface area contributed by atoms with E-state index in [2.05, 4.69) is 43.0 Å². The predicted octanol–water partition coefficient (Wildman–Crippen LogP) is 11.4. The van der Waals surface area contributed by atoms with Crippen LogP contribution in [0, 0.1) is 29.1 Å². The van der Waals surface area contributed by atoms with Crippen molar-refractivity contribution in [2.45, 2.75) is 122 Å². The molecule has 0 amide bonds. The number of Topliss-reactive ketones (excluding diaryl/α,β-unsaturated/α-hetero) is 1. The van der Waals surface area contributed by atoms with E-state index in [-0.39, 0.29) is 64.9 Å². The second kappa shape index (κ2) is 26.9. The molecule has 9 heteroatoms. The third kappa shape index (κ3) is 22.6. The number of ketones is 1. The van der Waals surface area contributed by atoms with E-state index in [1.165, 1.54) is 22.3 Å². The lowest BCUT2D eigenvalue weighted by atomic mass is 9.97. The van der Waals surface area contributed by atoms with Crippen molar-refractivity contribution in [2.75, 3.05) is 13.2 Å². The highest BCUT2D eigenvalue weighted by Crippen LogP contribution is 2.44. The minimum Gasteiger partial charge on any atom is -0.464 e. The van der Waals surface area contributed by atoms with Gasteiger partial charge in [0.2, 0.25) is 0 Å². The molecule has 1 aliphatic carbocycles. The number of ether oxygens (including phenoxy) is 4. The monoisotopic (exact) mass is 817 g/mol. The Labute approximate surface area is 355 Å². The zero-order valence-corrected chi connectivity index (χ0v) is 38.5. The molecule has 4 rings (SSSR count). The van der Waals surface area contributed by atoms with E-state index in [9.17, 15) is 24.0 Å². The summed E-state index contributed by atoms with van der Waals surface area (Å²) in [6.45, 7) is 32.0. The molecule has 0 saturated carbocycles. The number of carbonyl (C=O) groups excluding carboxylic acids is 5. The maximum absolute atomic E-state index is 11.7. The molecule has 9 nitrogen and oxygen atoms in total. The SMILES string of the molecule is C=CCOC(=O)C(C)C.CC(=O)C(C)C.CC(C)(C)OC(=O)C(C)(C)C.CC(C)C(=O)OCC1c2ccccc2-c2ccccc21.CC(C)C(=O)OCc1ccccc1. The zero-order chi connectivity index (χ0) is 45.5. The Kier molecular flexibility index (Phi) is 24.6.